The van der Waals surface area contributed by atoms with E-state index < -0.39 is 11.8 Å². The predicted octanol–water partition coefficient (Wildman–Crippen LogP) is 4.96. The maximum absolute atomic E-state index is 13.0. The maximum atomic E-state index is 13.0. The van der Waals surface area contributed by atoms with Gasteiger partial charge in [-0.3, -0.25) is 24.4 Å². The normalized spacial score (nSPS) is 14.8. The zero-order valence-electron chi connectivity index (χ0n) is 18.6. The molecule has 5 rings (SSSR count). The summed E-state index contributed by atoms with van der Waals surface area (Å²) in [5.74, 6) is -0.210. The van der Waals surface area contributed by atoms with Gasteiger partial charge in [-0.25, -0.2) is 4.98 Å². The molecule has 2 aromatic heterocycles. The fourth-order valence-corrected chi connectivity index (χ4v) is 5.39. The van der Waals surface area contributed by atoms with Crippen LogP contribution in [0, 0.1) is 0 Å². The van der Waals surface area contributed by atoms with Gasteiger partial charge in [0.2, 0.25) is 0 Å². The summed E-state index contributed by atoms with van der Waals surface area (Å²) < 4.78 is 5.85. The first-order valence-electron chi connectivity index (χ1n) is 10.8. The van der Waals surface area contributed by atoms with Gasteiger partial charge >= 0.3 is 0 Å². The average Bonchev–Trinajstić information content (AvgIpc) is 3.59. The number of carbonyl (C=O) groups excluding carboxylic acids is 3. The molecule has 2 aromatic carbocycles. The Hall–Kier alpha value is -3.54. The van der Waals surface area contributed by atoms with Crippen LogP contribution in [0.15, 0.2) is 69.3 Å². The quantitative estimate of drug-likeness (QED) is 0.238. The van der Waals surface area contributed by atoms with Gasteiger partial charge < -0.3 is 9.73 Å². The van der Waals surface area contributed by atoms with Crippen molar-refractivity contribution in [2.75, 3.05) is 13.1 Å². The molecule has 4 aromatic rings. The summed E-state index contributed by atoms with van der Waals surface area (Å²) in [7, 11) is 0. The van der Waals surface area contributed by atoms with Gasteiger partial charge in [0.25, 0.3) is 17.1 Å². The van der Waals surface area contributed by atoms with Crippen molar-refractivity contribution < 1.29 is 18.8 Å². The molecule has 0 saturated carbocycles. The largest absolute Gasteiger partial charge is 0.451 e. The molecular formula is C24H18ClN5O4S2. The number of halogens is 1. The number of aromatic amines is 1. The number of aromatic nitrogens is 3. The van der Waals surface area contributed by atoms with Crippen LogP contribution in [-0.4, -0.2) is 50.2 Å². The second-order valence-corrected chi connectivity index (χ2v) is 10.0. The molecule has 0 atom stereocenters. The Labute approximate surface area is 218 Å². The first-order chi connectivity index (χ1) is 17.5. The number of amides is 3. The van der Waals surface area contributed by atoms with E-state index in [2.05, 4.69) is 20.5 Å². The van der Waals surface area contributed by atoms with Crippen molar-refractivity contribution in [2.24, 2.45) is 0 Å². The Morgan fingerprint density at radius 1 is 1.19 bits per heavy atom. The van der Waals surface area contributed by atoms with Crippen LogP contribution in [0.25, 0.3) is 17.0 Å². The number of fused-ring (bicyclic) bond motifs is 1. The first-order valence-corrected chi connectivity index (χ1v) is 13.0. The van der Waals surface area contributed by atoms with Crippen molar-refractivity contribution >= 4 is 69.2 Å². The molecule has 0 bridgehead atoms. The lowest BCUT2D eigenvalue weighted by molar-refractivity contribution is -0.122. The number of hydrogen-bond donors (Lipinski definition) is 2. The van der Waals surface area contributed by atoms with Gasteiger partial charge in [-0.2, -0.15) is 5.10 Å². The molecule has 1 saturated heterocycles. The number of benzene rings is 2. The monoisotopic (exact) mass is 539 g/mol. The van der Waals surface area contributed by atoms with Crippen molar-refractivity contribution in [3.63, 3.8) is 0 Å². The summed E-state index contributed by atoms with van der Waals surface area (Å²) in [6, 6.07) is 14.3. The van der Waals surface area contributed by atoms with Crippen molar-refractivity contribution in [2.45, 2.75) is 10.9 Å². The van der Waals surface area contributed by atoms with Crippen LogP contribution >= 0.6 is 35.1 Å². The first kappa shape index (κ1) is 24.2. The Balaban J connectivity index is 1.25. The van der Waals surface area contributed by atoms with E-state index in [0.717, 1.165) is 33.2 Å². The molecule has 36 heavy (non-hydrogen) atoms. The second kappa shape index (κ2) is 10.6. The molecule has 12 heteroatoms. The zero-order valence-corrected chi connectivity index (χ0v) is 21.0. The molecule has 0 aliphatic carbocycles. The molecule has 9 nitrogen and oxygen atoms in total. The van der Waals surface area contributed by atoms with Gasteiger partial charge in [0.05, 0.1) is 4.91 Å². The van der Waals surface area contributed by atoms with E-state index >= 15 is 0 Å². The van der Waals surface area contributed by atoms with E-state index in [4.69, 9.17) is 16.0 Å². The molecule has 182 valence electrons. The van der Waals surface area contributed by atoms with Crippen molar-refractivity contribution in [1.82, 2.24) is 25.4 Å². The zero-order chi connectivity index (χ0) is 25.1. The Morgan fingerprint density at radius 3 is 2.78 bits per heavy atom. The third-order valence-corrected chi connectivity index (χ3v) is 7.38. The summed E-state index contributed by atoms with van der Waals surface area (Å²) in [4.78, 5) is 43.7. The lowest BCUT2D eigenvalue weighted by Gasteiger charge is -2.12. The van der Waals surface area contributed by atoms with Gasteiger partial charge in [-0.15, -0.1) is 0 Å². The number of thioether (sulfide) groups is 2. The molecular weight excluding hydrogens is 522 g/mol. The van der Waals surface area contributed by atoms with Gasteiger partial charge in [0, 0.05) is 34.8 Å². The van der Waals surface area contributed by atoms with Gasteiger partial charge in [0.15, 0.2) is 10.9 Å². The Bertz CT molecular complexity index is 1470. The molecule has 1 aliphatic heterocycles. The van der Waals surface area contributed by atoms with Crippen LogP contribution in [0.5, 0.6) is 0 Å². The highest BCUT2D eigenvalue weighted by molar-refractivity contribution is 8.18. The number of carbonyl (C=O) groups is 3. The lowest BCUT2D eigenvalue weighted by atomic mass is 10.1. The Morgan fingerprint density at radius 2 is 2.00 bits per heavy atom. The highest BCUT2D eigenvalue weighted by atomic mass is 35.5. The van der Waals surface area contributed by atoms with Crippen LogP contribution < -0.4 is 5.32 Å². The molecule has 3 amide bonds. The molecule has 1 fully saturated rings. The number of imide groups is 1. The van der Waals surface area contributed by atoms with Crippen LogP contribution in [-0.2, 0) is 10.5 Å². The SMILES string of the molecule is O=C(NCCN1C(=O)S/C(=C\c2ccc(Cl)cc2)C1=O)c1oc2ccccc2c1CSc1ncn[nH]1. The number of rotatable bonds is 8. The fourth-order valence-electron chi connectivity index (χ4n) is 3.59. The maximum Gasteiger partial charge on any atom is 0.293 e. The third-order valence-electron chi connectivity index (χ3n) is 5.31. The summed E-state index contributed by atoms with van der Waals surface area (Å²) >= 11 is 8.16. The number of para-hydroxylation sites is 1. The highest BCUT2D eigenvalue weighted by Crippen LogP contribution is 2.33. The van der Waals surface area contributed by atoms with E-state index in [-0.39, 0.29) is 24.1 Å². The molecule has 3 heterocycles. The molecule has 2 N–H and O–H groups in total. The van der Waals surface area contributed by atoms with E-state index in [9.17, 15) is 14.4 Å². The van der Waals surface area contributed by atoms with E-state index in [1.807, 2.05) is 18.2 Å². The fraction of sp³-hybridized carbons (Fsp3) is 0.125. The van der Waals surface area contributed by atoms with E-state index in [1.54, 1.807) is 36.4 Å². The van der Waals surface area contributed by atoms with Crippen molar-refractivity contribution in [1.29, 1.82) is 0 Å². The molecule has 0 radical (unpaired) electrons. The standard InChI is InChI=1S/C24H18ClN5O4S2/c25-15-7-5-14(6-8-15)11-19-22(32)30(24(33)36-19)10-9-26-21(31)20-17(12-35-23-27-13-28-29-23)16-3-1-2-4-18(16)34-20/h1-8,11,13H,9-10,12H2,(H,26,31)(H,27,28,29)/b19-11-. The van der Waals surface area contributed by atoms with E-state index in [1.165, 1.54) is 18.1 Å². The molecule has 0 unspecified atom stereocenters. The third kappa shape index (κ3) is 5.18. The number of hydrogen-bond acceptors (Lipinski definition) is 8. The summed E-state index contributed by atoms with van der Waals surface area (Å²) in [5, 5.41) is 11.0. The minimum Gasteiger partial charge on any atom is -0.451 e. The summed E-state index contributed by atoms with van der Waals surface area (Å²) in [6.07, 6.45) is 3.06. The Kier molecular flexibility index (Phi) is 7.12. The number of nitrogens with one attached hydrogen (secondary N) is 2. The van der Waals surface area contributed by atoms with Crippen LogP contribution in [0.2, 0.25) is 5.02 Å². The van der Waals surface area contributed by atoms with Gasteiger partial charge in [-0.1, -0.05) is 53.7 Å². The van der Waals surface area contributed by atoms with Crippen molar-refractivity contribution in [3.05, 3.63) is 81.7 Å². The molecule has 0 spiro atoms. The minimum atomic E-state index is -0.428. The summed E-state index contributed by atoms with van der Waals surface area (Å²) in [5.41, 5.74) is 2.08. The second-order valence-electron chi connectivity index (χ2n) is 7.63. The topological polar surface area (TPSA) is 121 Å². The van der Waals surface area contributed by atoms with E-state index in [0.29, 0.717) is 26.4 Å². The number of nitrogens with zero attached hydrogens (tertiary/aromatic N) is 3. The predicted molar refractivity (Wildman–Crippen MR) is 139 cm³/mol. The van der Waals surface area contributed by atoms with Gasteiger partial charge in [-0.05, 0) is 41.6 Å². The molecule has 1 aliphatic rings. The summed E-state index contributed by atoms with van der Waals surface area (Å²) in [6.45, 7) is 0.119. The highest BCUT2D eigenvalue weighted by Gasteiger charge is 2.34. The van der Waals surface area contributed by atoms with Gasteiger partial charge in [0.1, 0.15) is 11.9 Å². The average molecular weight is 540 g/mol. The lowest BCUT2D eigenvalue weighted by Crippen LogP contribution is -2.37. The number of furan rings is 1. The minimum absolute atomic E-state index is 0.0384. The van der Waals surface area contributed by atoms with Crippen LogP contribution in [0.3, 0.4) is 0 Å². The van der Waals surface area contributed by atoms with Crippen LogP contribution in [0.4, 0.5) is 4.79 Å². The van der Waals surface area contributed by atoms with Crippen LogP contribution in [0.1, 0.15) is 21.7 Å². The number of H-pyrrole nitrogens is 1. The smallest absolute Gasteiger partial charge is 0.293 e. The van der Waals surface area contributed by atoms with Crippen molar-refractivity contribution in [3.8, 4) is 0 Å².